The summed E-state index contributed by atoms with van der Waals surface area (Å²) in [6.07, 6.45) is 8.10. The lowest BCUT2D eigenvalue weighted by Gasteiger charge is -2.36. The minimum Gasteiger partial charge on any atom is -0.490 e. The molecule has 1 fully saturated rings. The third-order valence-electron chi connectivity index (χ3n) is 10.6. The molecular weight excluding hydrogens is 679 g/mol. The molecule has 54 heavy (non-hydrogen) atoms. The Labute approximate surface area is 315 Å². The van der Waals surface area contributed by atoms with Gasteiger partial charge in [-0.05, 0) is 72.4 Å². The number of likely N-dealkylation sites (N-methyl/N-ethyl adjacent to an activating group) is 1. The van der Waals surface area contributed by atoms with E-state index in [1.165, 1.54) is 28.6 Å². The highest BCUT2D eigenvalue weighted by Gasteiger charge is 2.39. The highest BCUT2D eigenvalue weighted by atomic mass is 16.5. The predicted octanol–water partition coefficient (Wildman–Crippen LogP) is 6.52. The van der Waals surface area contributed by atoms with E-state index in [9.17, 15) is 14.4 Å². The Balaban J connectivity index is 0.900. The summed E-state index contributed by atoms with van der Waals surface area (Å²) in [5.41, 5.74) is 7.82. The molecule has 3 heterocycles. The smallest absolute Gasteiger partial charge is 0.259 e. The second kappa shape index (κ2) is 15.5. The number of aromatic nitrogens is 4. The van der Waals surface area contributed by atoms with Crippen LogP contribution >= 0.6 is 0 Å². The van der Waals surface area contributed by atoms with Crippen LogP contribution in [0.5, 0.6) is 5.75 Å². The molecule has 276 valence electrons. The molecule has 1 atom stereocenters. The third kappa shape index (κ3) is 7.52. The van der Waals surface area contributed by atoms with E-state index in [2.05, 4.69) is 99.8 Å². The molecular formula is C43H45N7O4. The molecule has 2 amide bonds. The van der Waals surface area contributed by atoms with Crippen LogP contribution in [0.2, 0.25) is 0 Å². The van der Waals surface area contributed by atoms with E-state index in [1.54, 1.807) is 12.4 Å². The number of rotatable bonds is 15. The summed E-state index contributed by atoms with van der Waals surface area (Å²) < 4.78 is 6.32. The van der Waals surface area contributed by atoms with Gasteiger partial charge in [-0.25, -0.2) is 9.97 Å². The molecule has 2 aliphatic rings. The van der Waals surface area contributed by atoms with Crippen molar-refractivity contribution in [3.63, 3.8) is 0 Å². The van der Waals surface area contributed by atoms with E-state index in [1.807, 2.05) is 30.3 Å². The van der Waals surface area contributed by atoms with Gasteiger partial charge in [0.15, 0.2) is 5.82 Å². The average molecular weight is 724 g/mol. The van der Waals surface area contributed by atoms with Crippen LogP contribution in [0, 0.1) is 0 Å². The van der Waals surface area contributed by atoms with E-state index >= 15 is 0 Å². The van der Waals surface area contributed by atoms with Crippen molar-refractivity contribution in [3.05, 3.63) is 131 Å². The summed E-state index contributed by atoms with van der Waals surface area (Å²) in [6.45, 7) is 8.58. The fourth-order valence-corrected chi connectivity index (χ4v) is 7.28. The van der Waals surface area contributed by atoms with Gasteiger partial charge < -0.3 is 20.2 Å². The van der Waals surface area contributed by atoms with Crippen LogP contribution in [-0.4, -0.2) is 68.4 Å². The van der Waals surface area contributed by atoms with E-state index in [0.717, 1.165) is 54.8 Å². The molecule has 1 unspecified atom stereocenters. The number of amides is 2. The normalized spacial score (nSPS) is 17.1. The van der Waals surface area contributed by atoms with Crippen LogP contribution in [0.3, 0.4) is 0 Å². The van der Waals surface area contributed by atoms with Gasteiger partial charge in [-0.15, -0.1) is 0 Å². The zero-order chi connectivity index (χ0) is 37.8. The molecule has 11 nitrogen and oxygen atoms in total. The Morgan fingerprint density at radius 1 is 1.00 bits per heavy atom. The average Bonchev–Trinajstić information content (AvgIpc) is 3.80. The lowest BCUT2D eigenvalue weighted by Crippen LogP contribution is -2.45. The molecule has 1 aliphatic carbocycles. The second-order valence-corrected chi connectivity index (χ2v) is 14.5. The highest BCUT2D eigenvalue weighted by molar-refractivity contribution is 6.11. The van der Waals surface area contributed by atoms with Gasteiger partial charge >= 0.3 is 0 Å². The van der Waals surface area contributed by atoms with Gasteiger partial charge in [0.1, 0.15) is 29.9 Å². The Morgan fingerprint density at radius 2 is 1.74 bits per heavy atom. The maximum atomic E-state index is 13.4. The number of hydrogen-bond acceptors (Lipinski definition) is 8. The number of aromatic amines is 1. The summed E-state index contributed by atoms with van der Waals surface area (Å²) in [6, 6.07) is 26.1. The maximum absolute atomic E-state index is 13.4. The van der Waals surface area contributed by atoms with Gasteiger partial charge in [0.05, 0.1) is 5.56 Å². The highest BCUT2D eigenvalue weighted by Crippen LogP contribution is 2.38. The number of ether oxygens (including phenoxy) is 1. The zero-order valence-corrected chi connectivity index (χ0v) is 30.8. The second-order valence-electron chi connectivity index (χ2n) is 14.5. The molecule has 0 saturated heterocycles. The van der Waals surface area contributed by atoms with Crippen molar-refractivity contribution in [3.8, 4) is 17.3 Å². The molecule has 7 rings (SSSR count). The number of nitrogens with one attached hydrogen (secondary N) is 3. The van der Waals surface area contributed by atoms with E-state index in [4.69, 9.17) is 4.74 Å². The van der Waals surface area contributed by atoms with Crippen molar-refractivity contribution in [1.82, 2.24) is 30.4 Å². The molecule has 1 saturated carbocycles. The van der Waals surface area contributed by atoms with Crippen LogP contribution in [0.4, 0.5) is 5.69 Å². The Bertz CT molecular complexity index is 2140. The number of anilines is 1. The molecule has 1 aliphatic heterocycles. The Hall–Kier alpha value is -6.10. The first kappa shape index (κ1) is 36.3. The Morgan fingerprint density at radius 3 is 2.43 bits per heavy atom. The van der Waals surface area contributed by atoms with E-state index in [0.29, 0.717) is 22.6 Å². The van der Waals surface area contributed by atoms with Crippen molar-refractivity contribution in [2.75, 3.05) is 12.4 Å². The summed E-state index contributed by atoms with van der Waals surface area (Å²) in [5.74, 6) is 0.890. The van der Waals surface area contributed by atoms with Crippen molar-refractivity contribution in [1.29, 1.82) is 0 Å². The molecule has 11 heteroatoms. The molecule has 2 aromatic heterocycles. The number of carbonyl (C=O) groups excluding carboxylic acids is 3. The number of carbonyl (C=O) groups is 3. The minimum absolute atomic E-state index is 0.0887. The summed E-state index contributed by atoms with van der Waals surface area (Å²) >= 11 is 0. The monoisotopic (exact) mass is 723 g/mol. The van der Waals surface area contributed by atoms with Crippen molar-refractivity contribution in [2.45, 2.75) is 76.0 Å². The largest absolute Gasteiger partial charge is 0.490 e. The maximum Gasteiger partial charge on any atom is 0.259 e. The van der Waals surface area contributed by atoms with Crippen LogP contribution in [0.15, 0.2) is 97.8 Å². The van der Waals surface area contributed by atoms with Gasteiger partial charge in [0, 0.05) is 72.8 Å². The van der Waals surface area contributed by atoms with Gasteiger partial charge in [-0.3, -0.25) is 19.6 Å². The number of benzene rings is 3. The topological polar surface area (TPSA) is 142 Å². The fourth-order valence-electron chi connectivity index (χ4n) is 7.28. The first-order valence-electron chi connectivity index (χ1n) is 18.4. The first-order valence-corrected chi connectivity index (χ1v) is 18.4. The number of hydrogen-bond donors (Lipinski definition) is 3. The fraction of sp³-hybridized carbons (Fsp3) is 0.302. The summed E-state index contributed by atoms with van der Waals surface area (Å²) in [5, 5.41) is 13.1. The number of nitrogens with zero attached hydrogens (tertiary/aromatic N) is 4. The molecule has 0 spiro atoms. The first-order chi connectivity index (χ1) is 26.1. The quantitative estimate of drug-likeness (QED) is 0.104. The van der Waals surface area contributed by atoms with Crippen LogP contribution in [0.1, 0.15) is 77.8 Å². The summed E-state index contributed by atoms with van der Waals surface area (Å²) in [4.78, 5) is 47.5. The molecule has 5 aromatic rings. The third-order valence-corrected chi connectivity index (χ3v) is 10.6. The number of aldehydes is 1. The zero-order valence-electron chi connectivity index (χ0n) is 30.8. The predicted molar refractivity (Wildman–Crippen MR) is 208 cm³/mol. The number of H-pyrrole nitrogens is 1. The number of aryl methyl sites for hydroxylation is 2. The van der Waals surface area contributed by atoms with Gasteiger partial charge in [0.2, 0.25) is 5.91 Å². The molecule has 0 radical (unpaired) electrons. The molecule has 3 aromatic carbocycles. The van der Waals surface area contributed by atoms with E-state index < -0.39 is 6.04 Å². The Kier molecular flexibility index (Phi) is 10.4. The lowest BCUT2D eigenvalue weighted by atomic mass is 9.78. The van der Waals surface area contributed by atoms with Crippen LogP contribution in [0.25, 0.3) is 17.2 Å². The van der Waals surface area contributed by atoms with Crippen LogP contribution in [-0.2, 0) is 27.8 Å². The number of fused-ring (bicyclic) bond motifs is 1. The van der Waals surface area contributed by atoms with Gasteiger partial charge in [0.25, 0.3) is 5.91 Å². The molecule has 0 bridgehead atoms. The minimum atomic E-state index is -0.795. The van der Waals surface area contributed by atoms with Crippen molar-refractivity contribution >= 4 is 29.5 Å². The standard InChI is InChI=1S/C43H45N7O4/c1-27-36-18-15-32(26-37(36)42(53)50(27)39(6-5-23-51)41(52)44-4)47-33-24-35(25-33)54-34-16-12-30(13-17-34)43(2,3)29-10-7-28(8-11-29)9-14-31-19-21-45-40(48-31)38-20-22-46-49-38/h7-8,10-13,15-23,26,33,35,39,47H,1,5-6,9,14,24-25H2,2-4H3,(H,44,52)(H,46,49). The van der Waals surface area contributed by atoms with Crippen LogP contribution < -0.4 is 15.4 Å². The van der Waals surface area contributed by atoms with Gasteiger partial charge in [-0.1, -0.05) is 62.9 Å². The van der Waals surface area contributed by atoms with Gasteiger partial charge in [-0.2, -0.15) is 5.10 Å². The van der Waals surface area contributed by atoms with E-state index in [-0.39, 0.29) is 42.2 Å². The SMILES string of the molecule is C=C1c2ccc(NC3CC(Oc4ccc(C(C)(C)c5ccc(CCc6ccnc(-c7ccn[nH]7)n6)cc5)cc4)C3)cc2C(=O)N1C(CCC=O)C(=O)NC. The van der Waals surface area contributed by atoms with Crippen molar-refractivity contribution in [2.24, 2.45) is 0 Å². The van der Waals surface area contributed by atoms with Crippen molar-refractivity contribution < 1.29 is 19.1 Å². The molecule has 3 N–H and O–H groups in total. The summed E-state index contributed by atoms with van der Waals surface area (Å²) in [7, 11) is 1.52. The lowest BCUT2D eigenvalue weighted by molar-refractivity contribution is -0.124.